The third-order valence-corrected chi connectivity index (χ3v) is 7.43. The van der Waals surface area contributed by atoms with Gasteiger partial charge in [-0.2, -0.15) is 0 Å². The second kappa shape index (κ2) is 9.02. The van der Waals surface area contributed by atoms with Gasteiger partial charge in [0.05, 0.1) is 11.8 Å². The van der Waals surface area contributed by atoms with Gasteiger partial charge in [0.15, 0.2) is 5.65 Å². The molecule has 1 atom stereocenters. The van der Waals surface area contributed by atoms with Gasteiger partial charge in [-0.3, -0.25) is 18.7 Å². The molecule has 0 bridgehead atoms. The Morgan fingerprint density at radius 1 is 1.15 bits per heavy atom. The molecule has 0 saturated carbocycles. The zero-order valence-electron chi connectivity index (χ0n) is 20.6. The number of carbonyl (C=O) groups is 1. The van der Waals surface area contributed by atoms with E-state index in [9.17, 15) is 14.4 Å². The first-order chi connectivity index (χ1) is 16.0. The summed E-state index contributed by atoms with van der Waals surface area (Å²) in [5.41, 5.74) is 1.50. The van der Waals surface area contributed by atoms with Gasteiger partial charge in [0, 0.05) is 26.6 Å². The summed E-state index contributed by atoms with van der Waals surface area (Å²) in [7, 11) is 4.88. The highest BCUT2D eigenvalue weighted by molar-refractivity contribution is 8.00. The van der Waals surface area contributed by atoms with Crippen molar-refractivity contribution < 1.29 is 4.79 Å². The minimum Gasteiger partial charge on any atom is -0.338 e. The van der Waals surface area contributed by atoms with E-state index < -0.39 is 16.7 Å². The standard InChI is InChI=1S/C25H31N5O3S/c1-25(2,3)23-26-20-19(22(32)30(6)24(33)29(20)5)21(27-23)34-14-18(31)28(4)17-13-9-11-15-10-7-8-12-16(15)17/h7-8,10,12,17H,9,11,13-14H2,1-6H3/t17-/m0/s1. The predicted molar refractivity (Wildman–Crippen MR) is 134 cm³/mol. The van der Waals surface area contributed by atoms with E-state index >= 15 is 0 Å². The van der Waals surface area contributed by atoms with Crippen LogP contribution in [0.1, 0.15) is 56.6 Å². The number of nitrogens with zero attached hydrogens (tertiary/aromatic N) is 5. The van der Waals surface area contributed by atoms with Crippen molar-refractivity contribution in [3.63, 3.8) is 0 Å². The molecule has 0 aliphatic heterocycles. The fourth-order valence-corrected chi connectivity index (χ4v) is 5.34. The summed E-state index contributed by atoms with van der Waals surface area (Å²) >= 11 is 1.23. The van der Waals surface area contributed by atoms with E-state index in [0.717, 1.165) is 23.8 Å². The second-order valence-corrected chi connectivity index (χ2v) is 10.9. The summed E-state index contributed by atoms with van der Waals surface area (Å²) in [6.07, 6.45) is 3.01. The van der Waals surface area contributed by atoms with Gasteiger partial charge in [-0.1, -0.05) is 56.8 Å². The maximum atomic E-state index is 13.2. The lowest BCUT2D eigenvalue weighted by Gasteiger charge is -2.33. The van der Waals surface area contributed by atoms with Crippen molar-refractivity contribution in [3.8, 4) is 0 Å². The molecule has 2 aromatic heterocycles. The van der Waals surface area contributed by atoms with Crippen LogP contribution in [-0.2, 0) is 30.7 Å². The van der Waals surface area contributed by atoms with Crippen LogP contribution in [0.2, 0.25) is 0 Å². The van der Waals surface area contributed by atoms with Gasteiger partial charge in [-0.25, -0.2) is 14.8 Å². The fraction of sp³-hybridized carbons (Fsp3) is 0.480. The van der Waals surface area contributed by atoms with Gasteiger partial charge in [-0.05, 0) is 30.4 Å². The molecule has 1 aromatic carbocycles. The average Bonchev–Trinajstić information content (AvgIpc) is 2.82. The van der Waals surface area contributed by atoms with E-state index in [0.29, 0.717) is 10.9 Å². The summed E-state index contributed by atoms with van der Waals surface area (Å²) in [6, 6.07) is 8.34. The van der Waals surface area contributed by atoms with Crippen LogP contribution in [0, 0.1) is 0 Å². The summed E-state index contributed by atoms with van der Waals surface area (Å²) in [5.74, 6) is 0.627. The van der Waals surface area contributed by atoms with E-state index in [1.165, 1.54) is 34.5 Å². The first-order valence-corrected chi connectivity index (χ1v) is 12.4. The number of hydrogen-bond acceptors (Lipinski definition) is 6. The number of thioether (sulfide) groups is 1. The Kier molecular flexibility index (Phi) is 6.42. The number of amides is 1. The minimum absolute atomic E-state index is 0.0302. The van der Waals surface area contributed by atoms with Crippen LogP contribution in [0.5, 0.6) is 0 Å². The predicted octanol–water partition coefficient (Wildman–Crippen LogP) is 2.95. The fourth-order valence-electron chi connectivity index (χ4n) is 4.41. The Labute approximate surface area is 203 Å². The van der Waals surface area contributed by atoms with E-state index in [1.54, 1.807) is 7.05 Å². The molecule has 34 heavy (non-hydrogen) atoms. The van der Waals surface area contributed by atoms with E-state index in [1.807, 2.05) is 44.9 Å². The number of rotatable bonds is 4. The van der Waals surface area contributed by atoms with E-state index in [4.69, 9.17) is 0 Å². The number of aryl methyl sites for hydroxylation is 2. The Balaban J connectivity index is 1.69. The molecule has 4 rings (SSSR count). The smallest absolute Gasteiger partial charge is 0.332 e. The summed E-state index contributed by atoms with van der Waals surface area (Å²) in [6.45, 7) is 5.92. The maximum absolute atomic E-state index is 13.2. The lowest BCUT2D eigenvalue weighted by molar-refractivity contribution is -0.129. The largest absolute Gasteiger partial charge is 0.338 e. The van der Waals surface area contributed by atoms with Crippen molar-refractivity contribution >= 4 is 28.7 Å². The molecule has 2 heterocycles. The number of fused-ring (bicyclic) bond motifs is 2. The van der Waals surface area contributed by atoms with Gasteiger partial charge >= 0.3 is 5.69 Å². The van der Waals surface area contributed by atoms with Crippen LogP contribution in [0.3, 0.4) is 0 Å². The maximum Gasteiger partial charge on any atom is 0.332 e. The van der Waals surface area contributed by atoms with Crippen molar-refractivity contribution in [1.29, 1.82) is 0 Å². The molecule has 9 heteroatoms. The number of hydrogen-bond donors (Lipinski definition) is 0. The van der Waals surface area contributed by atoms with Gasteiger partial charge < -0.3 is 4.90 Å². The lowest BCUT2D eigenvalue weighted by Crippen LogP contribution is -2.38. The van der Waals surface area contributed by atoms with Gasteiger partial charge in [0.25, 0.3) is 5.56 Å². The molecule has 1 aliphatic carbocycles. The topological polar surface area (TPSA) is 90.1 Å². The summed E-state index contributed by atoms with van der Waals surface area (Å²) in [5, 5.41) is 0.693. The molecule has 1 amide bonds. The van der Waals surface area contributed by atoms with Crippen LogP contribution in [-0.4, -0.2) is 42.7 Å². The molecule has 180 valence electrons. The minimum atomic E-state index is -0.455. The van der Waals surface area contributed by atoms with Gasteiger partial charge in [0.2, 0.25) is 5.91 Å². The van der Waals surface area contributed by atoms with Crippen LogP contribution in [0.4, 0.5) is 0 Å². The first-order valence-electron chi connectivity index (χ1n) is 11.4. The Morgan fingerprint density at radius 2 is 1.85 bits per heavy atom. The number of benzene rings is 1. The van der Waals surface area contributed by atoms with Crippen LogP contribution in [0.15, 0.2) is 38.9 Å². The zero-order valence-corrected chi connectivity index (χ0v) is 21.4. The number of carbonyl (C=O) groups excluding carboxylic acids is 1. The summed E-state index contributed by atoms with van der Waals surface area (Å²) < 4.78 is 2.42. The Morgan fingerprint density at radius 3 is 2.56 bits per heavy atom. The molecular formula is C25H31N5O3S. The van der Waals surface area contributed by atoms with Crippen LogP contribution < -0.4 is 11.2 Å². The molecule has 3 aromatic rings. The first kappa shape index (κ1) is 24.2. The van der Waals surface area contributed by atoms with Crippen molar-refractivity contribution in [1.82, 2.24) is 24.0 Å². The average molecular weight is 482 g/mol. The quantitative estimate of drug-likeness (QED) is 0.420. The highest BCUT2D eigenvalue weighted by Crippen LogP contribution is 2.34. The Bertz CT molecular complexity index is 1390. The molecule has 8 nitrogen and oxygen atoms in total. The van der Waals surface area contributed by atoms with Crippen molar-refractivity contribution in [2.24, 2.45) is 14.1 Å². The Hall–Kier alpha value is -2.94. The van der Waals surface area contributed by atoms with Crippen molar-refractivity contribution in [2.75, 3.05) is 12.8 Å². The molecule has 0 unspecified atom stereocenters. The highest BCUT2D eigenvalue weighted by Gasteiger charge is 2.28. The monoisotopic (exact) mass is 481 g/mol. The van der Waals surface area contributed by atoms with Crippen molar-refractivity contribution in [3.05, 3.63) is 62.1 Å². The molecule has 0 N–H and O–H groups in total. The molecule has 0 fully saturated rings. The third kappa shape index (κ3) is 4.29. The molecule has 0 spiro atoms. The normalized spacial score (nSPS) is 15.9. The van der Waals surface area contributed by atoms with Gasteiger partial charge in [0.1, 0.15) is 16.2 Å². The SMILES string of the molecule is CN(C(=O)CSc1nc(C(C)(C)C)nc2c1c(=O)n(C)c(=O)n2C)[C@H]1CCCc2ccccc21. The molecule has 0 saturated heterocycles. The van der Waals surface area contributed by atoms with Gasteiger partial charge in [-0.15, -0.1) is 0 Å². The summed E-state index contributed by atoms with van der Waals surface area (Å²) in [4.78, 5) is 49.8. The highest BCUT2D eigenvalue weighted by atomic mass is 32.2. The van der Waals surface area contributed by atoms with Crippen LogP contribution >= 0.6 is 11.8 Å². The molecule has 0 radical (unpaired) electrons. The molecule has 1 aliphatic rings. The zero-order chi connectivity index (χ0) is 24.8. The van der Waals surface area contributed by atoms with Crippen molar-refractivity contribution in [2.45, 2.75) is 56.5 Å². The van der Waals surface area contributed by atoms with Crippen LogP contribution in [0.25, 0.3) is 11.0 Å². The third-order valence-electron chi connectivity index (χ3n) is 6.47. The van der Waals surface area contributed by atoms with E-state index in [2.05, 4.69) is 22.1 Å². The lowest BCUT2D eigenvalue weighted by atomic mass is 9.87. The van der Waals surface area contributed by atoms with E-state index in [-0.39, 0.29) is 28.7 Å². The second-order valence-electron chi connectivity index (χ2n) is 9.91. The molecular weight excluding hydrogens is 450 g/mol. The number of aromatic nitrogens is 4.